The van der Waals surface area contributed by atoms with E-state index in [2.05, 4.69) is 4.98 Å². The number of hydrogen-bond donors (Lipinski definition) is 1. The van der Waals surface area contributed by atoms with Gasteiger partial charge in [-0.15, -0.1) is 0 Å². The van der Waals surface area contributed by atoms with Gasteiger partial charge >= 0.3 is 6.09 Å². The standard InChI is InChI=1S/C17H18FN3O2/c1-2-14-10-21(17(22)23-14)13-5-6-15(16(18)7-13)11-3-4-12(8-19)20-9-11/h3-7,9,14H,2,8,10,19H2,1H3/t14-/m0/s1. The highest BCUT2D eigenvalue weighted by molar-refractivity contribution is 5.90. The number of halogens is 1. The zero-order valence-electron chi connectivity index (χ0n) is 12.8. The zero-order valence-corrected chi connectivity index (χ0v) is 12.8. The lowest BCUT2D eigenvalue weighted by atomic mass is 10.1. The lowest BCUT2D eigenvalue weighted by Crippen LogP contribution is -2.24. The van der Waals surface area contributed by atoms with Gasteiger partial charge in [-0.3, -0.25) is 9.88 Å². The lowest BCUT2D eigenvalue weighted by Gasteiger charge is -2.14. The summed E-state index contributed by atoms with van der Waals surface area (Å²) in [6.07, 6.45) is 1.76. The molecule has 0 bridgehead atoms. The molecule has 5 nitrogen and oxygen atoms in total. The van der Waals surface area contributed by atoms with E-state index >= 15 is 0 Å². The Kier molecular flexibility index (Phi) is 4.25. The quantitative estimate of drug-likeness (QED) is 0.941. The zero-order chi connectivity index (χ0) is 16.4. The molecule has 1 atom stereocenters. The molecular weight excluding hydrogens is 297 g/mol. The number of rotatable bonds is 4. The van der Waals surface area contributed by atoms with Gasteiger partial charge in [0.1, 0.15) is 11.9 Å². The predicted octanol–water partition coefficient (Wildman–Crippen LogP) is 3.08. The average molecular weight is 315 g/mol. The highest BCUT2D eigenvalue weighted by Gasteiger charge is 2.31. The normalized spacial score (nSPS) is 17.4. The van der Waals surface area contributed by atoms with E-state index in [1.807, 2.05) is 6.92 Å². The number of ether oxygens (including phenoxy) is 1. The first kappa shape index (κ1) is 15.4. The number of benzene rings is 1. The molecule has 1 fully saturated rings. The molecule has 2 N–H and O–H groups in total. The Balaban J connectivity index is 1.87. The van der Waals surface area contributed by atoms with Crippen LogP contribution < -0.4 is 10.6 Å². The van der Waals surface area contributed by atoms with Crippen molar-refractivity contribution >= 4 is 11.8 Å². The van der Waals surface area contributed by atoms with Gasteiger partial charge in [0, 0.05) is 23.9 Å². The summed E-state index contributed by atoms with van der Waals surface area (Å²) >= 11 is 0. The maximum Gasteiger partial charge on any atom is 0.414 e. The van der Waals surface area contributed by atoms with Crippen LogP contribution in [0.25, 0.3) is 11.1 Å². The molecule has 0 radical (unpaired) electrons. The molecule has 1 aromatic heterocycles. The summed E-state index contributed by atoms with van der Waals surface area (Å²) in [5.74, 6) is -0.405. The monoisotopic (exact) mass is 315 g/mol. The summed E-state index contributed by atoms with van der Waals surface area (Å²) in [4.78, 5) is 17.5. The summed E-state index contributed by atoms with van der Waals surface area (Å²) in [6, 6.07) is 8.27. The van der Waals surface area contributed by atoms with Crippen molar-refractivity contribution in [2.45, 2.75) is 26.0 Å². The van der Waals surface area contributed by atoms with Crippen LogP contribution in [0.15, 0.2) is 36.5 Å². The van der Waals surface area contributed by atoms with Gasteiger partial charge in [-0.2, -0.15) is 0 Å². The van der Waals surface area contributed by atoms with Gasteiger partial charge in [-0.25, -0.2) is 9.18 Å². The van der Waals surface area contributed by atoms with Crippen LogP contribution >= 0.6 is 0 Å². The minimum absolute atomic E-state index is 0.141. The van der Waals surface area contributed by atoms with Crippen LogP contribution in [0.3, 0.4) is 0 Å². The van der Waals surface area contributed by atoms with Crippen LogP contribution in [0.5, 0.6) is 0 Å². The number of nitrogens with two attached hydrogens (primary N) is 1. The topological polar surface area (TPSA) is 68.5 Å². The number of hydrogen-bond acceptors (Lipinski definition) is 4. The fourth-order valence-electron chi connectivity index (χ4n) is 2.56. The van der Waals surface area contributed by atoms with Crippen LogP contribution in [0.2, 0.25) is 0 Å². The van der Waals surface area contributed by atoms with Gasteiger partial charge in [0.05, 0.1) is 17.9 Å². The van der Waals surface area contributed by atoms with Crippen molar-refractivity contribution < 1.29 is 13.9 Å². The Labute approximate surface area is 133 Å². The van der Waals surface area contributed by atoms with Crippen molar-refractivity contribution in [3.05, 3.63) is 48.0 Å². The van der Waals surface area contributed by atoms with E-state index in [0.717, 1.165) is 12.1 Å². The number of pyridine rings is 1. The molecule has 6 heteroatoms. The number of nitrogens with zero attached hydrogens (tertiary/aromatic N) is 2. The number of anilines is 1. The van der Waals surface area contributed by atoms with Crippen LogP contribution in [0.1, 0.15) is 19.0 Å². The van der Waals surface area contributed by atoms with E-state index < -0.39 is 11.9 Å². The lowest BCUT2D eigenvalue weighted by molar-refractivity contribution is 0.139. The number of amides is 1. The van der Waals surface area contributed by atoms with Crippen molar-refractivity contribution in [3.8, 4) is 11.1 Å². The summed E-state index contributed by atoms with van der Waals surface area (Å²) in [5, 5.41) is 0. The molecule has 0 unspecified atom stereocenters. The highest BCUT2D eigenvalue weighted by Crippen LogP contribution is 2.29. The first-order chi connectivity index (χ1) is 11.1. The van der Waals surface area contributed by atoms with Crippen molar-refractivity contribution in [1.29, 1.82) is 0 Å². The maximum atomic E-state index is 14.4. The SMILES string of the molecule is CC[C@H]1CN(c2ccc(-c3ccc(CN)nc3)c(F)c2)C(=O)O1. The molecule has 1 aliphatic rings. The molecule has 2 aromatic rings. The number of carbonyl (C=O) groups excluding carboxylic acids is 1. The summed E-state index contributed by atoms with van der Waals surface area (Å²) in [5.41, 5.74) is 7.86. The molecule has 23 heavy (non-hydrogen) atoms. The van der Waals surface area contributed by atoms with Crippen LogP contribution in [0, 0.1) is 5.82 Å². The van der Waals surface area contributed by atoms with Crippen molar-refractivity contribution in [1.82, 2.24) is 4.98 Å². The second-order valence-corrected chi connectivity index (χ2v) is 5.43. The van der Waals surface area contributed by atoms with E-state index in [1.54, 1.807) is 30.5 Å². The fourth-order valence-corrected chi connectivity index (χ4v) is 2.56. The molecule has 120 valence electrons. The second kappa shape index (κ2) is 6.34. The number of cyclic esters (lactones) is 1. The Bertz CT molecular complexity index is 718. The molecular formula is C17H18FN3O2. The first-order valence-electron chi connectivity index (χ1n) is 7.55. The van der Waals surface area contributed by atoms with E-state index in [0.29, 0.717) is 29.9 Å². The minimum atomic E-state index is -0.432. The second-order valence-electron chi connectivity index (χ2n) is 5.43. The molecule has 1 aliphatic heterocycles. The Morgan fingerprint density at radius 1 is 1.39 bits per heavy atom. The van der Waals surface area contributed by atoms with E-state index in [4.69, 9.17) is 10.5 Å². The minimum Gasteiger partial charge on any atom is -0.444 e. The molecule has 1 amide bonds. The van der Waals surface area contributed by atoms with E-state index in [-0.39, 0.29) is 6.10 Å². The van der Waals surface area contributed by atoms with Crippen LogP contribution in [0.4, 0.5) is 14.9 Å². The molecule has 0 spiro atoms. The van der Waals surface area contributed by atoms with Crippen molar-refractivity contribution in [2.75, 3.05) is 11.4 Å². The third-order valence-electron chi connectivity index (χ3n) is 3.94. The van der Waals surface area contributed by atoms with Crippen LogP contribution in [-0.2, 0) is 11.3 Å². The number of carbonyl (C=O) groups is 1. The van der Waals surface area contributed by atoms with Gasteiger partial charge in [0.2, 0.25) is 0 Å². The van der Waals surface area contributed by atoms with Gasteiger partial charge < -0.3 is 10.5 Å². The first-order valence-corrected chi connectivity index (χ1v) is 7.55. The summed E-state index contributed by atoms with van der Waals surface area (Å²) in [7, 11) is 0. The largest absolute Gasteiger partial charge is 0.444 e. The summed E-state index contributed by atoms with van der Waals surface area (Å²) in [6.45, 7) is 2.74. The maximum absolute atomic E-state index is 14.4. The Morgan fingerprint density at radius 2 is 2.22 bits per heavy atom. The van der Waals surface area contributed by atoms with Gasteiger partial charge in [-0.1, -0.05) is 13.0 Å². The Hall–Kier alpha value is -2.47. The van der Waals surface area contributed by atoms with E-state index in [9.17, 15) is 9.18 Å². The molecule has 0 aliphatic carbocycles. The molecule has 3 rings (SSSR count). The fraction of sp³-hybridized carbons (Fsp3) is 0.294. The smallest absolute Gasteiger partial charge is 0.414 e. The Morgan fingerprint density at radius 3 is 2.78 bits per heavy atom. The molecule has 1 saturated heterocycles. The van der Waals surface area contributed by atoms with E-state index in [1.165, 1.54) is 11.0 Å². The van der Waals surface area contributed by atoms with Crippen LogP contribution in [-0.4, -0.2) is 23.7 Å². The third-order valence-corrected chi connectivity index (χ3v) is 3.94. The highest BCUT2D eigenvalue weighted by atomic mass is 19.1. The van der Waals surface area contributed by atoms with Crippen molar-refractivity contribution in [2.24, 2.45) is 5.73 Å². The summed E-state index contributed by atoms with van der Waals surface area (Å²) < 4.78 is 19.6. The molecule has 1 aromatic carbocycles. The van der Waals surface area contributed by atoms with Gasteiger partial charge in [0.25, 0.3) is 0 Å². The van der Waals surface area contributed by atoms with Gasteiger partial charge in [-0.05, 0) is 30.7 Å². The average Bonchev–Trinajstić information content (AvgIpc) is 2.96. The number of aromatic nitrogens is 1. The molecule has 0 saturated carbocycles. The molecule has 2 heterocycles. The van der Waals surface area contributed by atoms with Gasteiger partial charge in [0.15, 0.2) is 0 Å². The third kappa shape index (κ3) is 3.03. The van der Waals surface area contributed by atoms with Crippen molar-refractivity contribution in [3.63, 3.8) is 0 Å². The predicted molar refractivity (Wildman–Crippen MR) is 85.4 cm³/mol.